The van der Waals surface area contributed by atoms with Crippen LogP contribution in [-0.4, -0.2) is 43.5 Å². The Hall–Kier alpha value is -3.56. The smallest absolute Gasteiger partial charge is 0.330 e. The second-order valence-corrected chi connectivity index (χ2v) is 6.08. The predicted octanol–water partition coefficient (Wildman–Crippen LogP) is 0.191. The molecule has 1 aromatic carbocycles. The highest BCUT2D eigenvalue weighted by atomic mass is 16.5. The summed E-state index contributed by atoms with van der Waals surface area (Å²) in [5, 5.41) is 25.4. The molecule has 1 aliphatic heterocycles. The van der Waals surface area contributed by atoms with Crippen LogP contribution >= 0.6 is 0 Å². The quantitative estimate of drug-likeness (QED) is 0.701. The molecule has 0 radical (unpaired) electrons. The van der Waals surface area contributed by atoms with Crippen LogP contribution in [0.15, 0.2) is 32.9 Å². The molecule has 27 heavy (non-hydrogen) atoms. The van der Waals surface area contributed by atoms with E-state index in [4.69, 9.17) is 4.74 Å². The molecule has 2 aromatic rings. The minimum Gasteiger partial charge on any atom is -0.504 e. The molecule has 3 N–H and O–H groups in total. The lowest BCUT2D eigenvalue weighted by Crippen LogP contribution is -2.32. The summed E-state index contributed by atoms with van der Waals surface area (Å²) in [5.74, 6) is -0.730. The average Bonchev–Trinajstić information content (AvgIpc) is 3.05. The van der Waals surface area contributed by atoms with Gasteiger partial charge in [-0.25, -0.2) is 9.80 Å². The lowest BCUT2D eigenvalue weighted by Gasteiger charge is -2.21. The Morgan fingerprint density at radius 2 is 2.04 bits per heavy atom. The molecule has 1 unspecified atom stereocenters. The van der Waals surface area contributed by atoms with Crippen molar-refractivity contribution in [3.63, 3.8) is 0 Å². The van der Waals surface area contributed by atoms with E-state index in [2.05, 4.69) is 10.1 Å². The Labute approximate surface area is 152 Å². The first-order valence-electron chi connectivity index (χ1n) is 8.01. The van der Waals surface area contributed by atoms with Gasteiger partial charge in [-0.3, -0.25) is 19.1 Å². The SMILES string of the molecule is COc1cc(C2CC(c3c(O)n(C)c(=O)[nH]c3=O)=NN2C(C)=O)ccc1O. The van der Waals surface area contributed by atoms with Crippen LogP contribution in [0.4, 0.5) is 0 Å². The average molecular weight is 374 g/mol. The van der Waals surface area contributed by atoms with Gasteiger partial charge in [-0.15, -0.1) is 0 Å². The highest BCUT2D eigenvalue weighted by Gasteiger charge is 2.34. The molecule has 1 aliphatic rings. The van der Waals surface area contributed by atoms with E-state index in [0.29, 0.717) is 5.56 Å². The number of phenols is 1. The number of carbonyl (C=O) groups excluding carboxylic acids is 1. The number of hydrazone groups is 1. The normalized spacial score (nSPS) is 16.3. The van der Waals surface area contributed by atoms with Crippen molar-refractivity contribution in [1.29, 1.82) is 0 Å². The van der Waals surface area contributed by atoms with E-state index in [1.807, 2.05) is 0 Å². The van der Waals surface area contributed by atoms with Gasteiger partial charge in [0.2, 0.25) is 11.8 Å². The molecular formula is C17H18N4O6. The molecule has 1 atom stereocenters. The van der Waals surface area contributed by atoms with Gasteiger partial charge in [0.05, 0.1) is 18.9 Å². The highest BCUT2D eigenvalue weighted by Crippen LogP contribution is 2.37. The lowest BCUT2D eigenvalue weighted by molar-refractivity contribution is -0.130. The van der Waals surface area contributed by atoms with Gasteiger partial charge >= 0.3 is 5.69 Å². The zero-order valence-corrected chi connectivity index (χ0v) is 14.9. The molecule has 0 saturated carbocycles. The van der Waals surface area contributed by atoms with Gasteiger partial charge in [-0.2, -0.15) is 5.10 Å². The van der Waals surface area contributed by atoms with Crippen LogP contribution in [0.5, 0.6) is 17.4 Å². The van der Waals surface area contributed by atoms with Gasteiger partial charge in [-0.1, -0.05) is 6.07 Å². The molecule has 142 valence electrons. The van der Waals surface area contributed by atoms with Crippen LogP contribution in [0.2, 0.25) is 0 Å². The molecule has 10 heteroatoms. The van der Waals surface area contributed by atoms with Crippen molar-refractivity contribution in [2.75, 3.05) is 7.11 Å². The van der Waals surface area contributed by atoms with Gasteiger partial charge in [-0.05, 0) is 17.7 Å². The fraction of sp³-hybridized carbons (Fsp3) is 0.294. The van der Waals surface area contributed by atoms with Gasteiger partial charge in [0.1, 0.15) is 5.56 Å². The fourth-order valence-electron chi connectivity index (χ4n) is 2.98. The standard InChI is InChI=1S/C17H18N4O6/c1-8(22)21-11(9-4-5-12(23)13(6-9)27-3)7-10(19-21)14-15(24)18-17(26)20(2)16(14)25/h4-6,11,23,25H,7H2,1-3H3,(H,18,24,26). The Kier molecular flexibility index (Phi) is 4.48. The zero-order valence-electron chi connectivity index (χ0n) is 14.9. The summed E-state index contributed by atoms with van der Waals surface area (Å²) in [6.45, 7) is 1.32. The fourth-order valence-corrected chi connectivity index (χ4v) is 2.98. The minimum absolute atomic E-state index is 0.0538. The molecule has 1 aromatic heterocycles. The Balaban J connectivity index is 2.09. The maximum atomic E-state index is 12.2. The number of amides is 1. The molecule has 0 bridgehead atoms. The first-order chi connectivity index (χ1) is 12.7. The van der Waals surface area contributed by atoms with Gasteiger partial charge in [0.25, 0.3) is 5.56 Å². The monoisotopic (exact) mass is 374 g/mol. The number of nitrogens with zero attached hydrogens (tertiary/aromatic N) is 3. The lowest BCUT2D eigenvalue weighted by atomic mass is 9.98. The summed E-state index contributed by atoms with van der Waals surface area (Å²) in [6, 6.07) is 4.05. The van der Waals surface area contributed by atoms with Crippen molar-refractivity contribution >= 4 is 11.6 Å². The molecule has 10 nitrogen and oxygen atoms in total. The van der Waals surface area contributed by atoms with Crippen molar-refractivity contribution < 1.29 is 19.7 Å². The first-order valence-corrected chi connectivity index (χ1v) is 8.01. The van der Waals surface area contributed by atoms with Gasteiger partial charge < -0.3 is 14.9 Å². The third kappa shape index (κ3) is 3.05. The van der Waals surface area contributed by atoms with Crippen LogP contribution in [0.3, 0.4) is 0 Å². The molecule has 3 rings (SSSR count). The zero-order chi connectivity index (χ0) is 19.9. The van der Waals surface area contributed by atoms with E-state index in [-0.39, 0.29) is 35.1 Å². The van der Waals surface area contributed by atoms with E-state index in [0.717, 1.165) is 4.57 Å². The number of hydrogen-bond acceptors (Lipinski definition) is 7. The second-order valence-electron chi connectivity index (χ2n) is 6.08. The molecule has 1 amide bonds. The van der Waals surface area contributed by atoms with E-state index in [9.17, 15) is 24.6 Å². The number of aromatic nitrogens is 2. The minimum atomic E-state index is -0.790. The number of methoxy groups -OCH3 is 1. The summed E-state index contributed by atoms with van der Waals surface area (Å²) >= 11 is 0. The molecule has 0 aliphatic carbocycles. The van der Waals surface area contributed by atoms with Crippen molar-refractivity contribution in [3.05, 3.63) is 50.2 Å². The highest BCUT2D eigenvalue weighted by molar-refractivity contribution is 6.04. The van der Waals surface area contributed by atoms with Crippen molar-refractivity contribution in [2.45, 2.75) is 19.4 Å². The van der Waals surface area contributed by atoms with Crippen LogP contribution in [0.25, 0.3) is 0 Å². The van der Waals surface area contributed by atoms with E-state index in [1.165, 1.54) is 32.2 Å². The number of nitrogens with one attached hydrogen (secondary N) is 1. The number of phenolic OH excluding ortho intramolecular Hbond substituents is 1. The van der Waals surface area contributed by atoms with E-state index in [1.54, 1.807) is 12.1 Å². The Morgan fingerprint density at radius 3 is 2.67 bits per heavy atom. The van der Waals surface area contributed by atoms with Gasteiger partial charge in [0.15, 0.2) is 11.5 Å². The van der Waals surface area contributed by atoms with Crippen molar-refractivity contribution in [3.8, 4) is 17.4 Å². The summed E-state index contributed by atoms with van der Waals surface area (Å²) in [4.78, 5) is 37.9. The molecule has 0 saturated heterocycles. The third-order valence-electron chi connectivity index (χ3n) is 4.40. The number of aromatic hydroxyl groups is 2. The third-order valence-corrected chi connectivity index (χ3v) is 4.40. The van der Waals surface area contributed by atoms with Crippen molar-refractivity contribution in [2.24, 2.45) is 12.1 Å². The first kappa shape index (κ1) is 18.2. The molecule has 0 fully saturated rings. The van der Waals surface area contributed by atoms with Crippen LogP contribution in [0, 0.1) is 0 Å². The number of carbonyl (C=O) groups is 1. The number of hydrogen-bond donors (Lipinski definition) is 3. The maximum Gasteiger partial charge on any atom is 0.330 e. The van der Waals surface area contributed by atoms with Crippen molar-refractivity contribution in [1.82, 2.24) is 14.6 Å². The van der Waals surface area contributed by atoms with E-state index < -0.39 is 23.2 Å². The summed E-state index contributed by atoms with van der Waals surface area (Å²) < 4.78 is 5.98. The second kappa shape index (κ2) is 6.63. The molecular weight excluding hydrogens is 356 g/mol. The molecule has 0 spiro atoms. The largest absolute Gasteiger partial charge is 0.504 e. The number of H-pyrrole nitrogens is 1. The van der Waals surface area contributed by atoms with Gasteiger partial charge in [0, 0.05) is 20.4 Å². The Bertz CT molecular complexity index is 1070. The topological polar surface area (TPSA) is 137 Å². The number of ether oxygens (including phenoxy) is 1. The summed E-state index contributed by atoms with van der Waals surface area (Å²) in [5.41, 5.74) is -0.933. The number of rotatable bonds is 3. The number of aromatic amines is 1. The van der Waals surface area contributed by atoms with Crippen LogP contribution < -0.4 is 16.0 Å². The van der Waals surface area contributed by atoms with Crippen LogP contribution in [0.1, 0.15) is 30.5 Å². The van der Waals surface area contributed by atoms with E-state index >= 15 is 0 Å². The number of benzene rings is 1. The molecule has 2 heterocycles. The Morgan fingerprint density at radius 1 is 1.33 bits per heavy atom. The predicted molar refractivity (Wildman–Crippen MR) is 95.0 cm³/mol. The van der Waals surface area contributed by atoms with Crippen LogP contribution in [-0.2, 0) is 11.8 Å². The summed E-state index contributed by atoms with van der Waals surface area (Å²) in [7, 11) is 2.71. The maximum absolute atomic E-state index is 12.2. The summed E-state index contributed by atoms with van der Waals surface area (Å²) in [6.07, 6.45) is 0.127.